The number of nitrogens with two attached hydrogens (primary N) is 1. The molecule has 1 saturated heterocycles. The molecule has 228 valence electrons. The summed E-state index contributed by atoms with van der Waals surface area (Å²) in [5.41, 5.74) is 7.09. The van der Waals surface area contributed by atoms with Crippen LogP contribution in [0.5, 0.6) is 0 Å². The number of ether oxygens (including phenoxy) is 3. The van der Waals surface area contributed by atoms with Crippen molar-refractivity contribution in [3.8, 4) is 0 Å². The smallest absolute Gasteiger partial charge is 0.263 e. The Morgan fingerprint density at radius 2 is 1.52 bits per heavy atom. The number of nitrogens with one attached hydrogen (secondary N) is 1. The van der Waals surface area contributed by atoms with E-state index in [2.05, 4.69) is 15.1 Å². The number of hydrogen-bond acceptors (Lipinski definition) is 9. The van der Waals surface area contributed by atoms with Gasteiger partial charge in [0.1, 0.15) is 5.82 Å². The summed E-state index contributed by atoms with van der Waals surface area (Å²) in [6.45, 7) is 7.64. The van der Waals surface area contributed by atoms with Crippen molar-refractivity contribution in [2.75, 3.05) is 95.7 Å². The highest BCUT2D eigenvalue weighted by Crippen LogP contribution is 2.29. The first-order chi connectivity index (χ1) is 20.5. The predicted molar refractivity (Wildman–Crippen MR) is 156 cm³/mol. The van der Waals surface area contributed by atoms with Crippen LogP contribution in [0.1, 0.15) is 33.6 Å². The van der Waals surface area contributed by atoms with E-state index >= 15 is 0 Å². The Morgan fingerprint density at radius 3 is 2.24 bits per heavy atom. The van der Waals surface area contributed by atoms with Gasteiger partial charge < -0.3 is 30.2 Å². The molecule has 2 heterocycles. The van der Waals surface area contributed by atoms with Crippen molar-refractivity contribution in [1.82, 2.24) is 9.80 Å². The minimum Gasteiger partial charge on any atom is -0.382 e. The maximum Gasteiger partial charge on any atom is 0.263 e. The van der Waals surface area contributed by atoms with E-state index in [1.54, 1.807) is 24.3 Å². The molecular weight excluding hydrogens is 545 g/mol. The Morgan fingerprint density at radius 1 is 0.833 bits per heavy atom. The lowest BCUT2D eigenvalue weighted by atomic mass is 10.1. The number of fused-ring (bicyclic) bond motifs is 1. The maximum atomic E-state index is 14.0. The molecule has 2 aromatic rings. The molecule has 3 N–H and O–H groups in total. The second kappa shape index (κ2) is 16.2. The van der Waals surface area contributed by atoms with Gasteiger partial charge in [0.05, 0.1) is 56.5 Å². The average Bonchev–Trinajstić information content (AvgIpc) is 3.23. The summed E-state index contributed by atoms with van der Waals surface area (Å²) in [5, 5.41) is 3.17. The highest BCUT2D eigenvalue weighted by molar-refractivity contribution is 6.23. The highest BCUT2D eigenvalue weighted by atomic mass is 19.1. The molecule has 4 rings (SSSR count). The summed E-state index contributed by atoms with van der Waals surface area (Å²) in [7, 11) is 0. The molecule has 12 heteroatoms. The van der Waals surface area contributed by atoms with Crippen LogP contribution in [0.2, 0.25) is 0 Å². The van der Waals surface area contributed by atoms with Crippen LogP contribution in [-0.4, -0.2) is 113 Å². The van der Waals surface area contributed by atoms with Gasteiger partial charge in [-0.1, -0.05) is 18.2 Å². The molecule has 0 radical (unpaired) electrons. The van der Waals surface area contributed by atoms with Gasteiger partial charge in [-0.2, -0.15) is 0 Å². The van der Waals surface area contributed by atoms with Crippen LogP contribution in [0.15, 0.2) is 42.5 Å². The van der Waals surface area contributed by atoms with E-state index in [9.17, 15) is 18.8 Å². The molecule has 0 aliphatic carbocycles. The number of piperazine rings is 1. The first-order valence-electron chi connectivity index (χ1n) is 14.4. The fourth-order valence-corrected chi connectivity index (χ4v) is 5.01. The van der Waals surface area contributed by atoms with Crippen molar-refractivity contribution in [1.29, 1.82) is 0 Å². The van der Waals surface area contributed by atoms with Gasteiger partial charge in [0.25, 0.3) is 11.8 Å². The predicted octanol–water partition coefficient (Wildman–Crippen LogP) is 1.97. The standard InChI is InChI=1S/C30H40FN5O6/c31-24-6-1-2-8-26(24)35-14-12-34(13-15-35)16-18-41-20-22-42-21-19-40-17-10-33-25-7-3-5-23-28(25)30(39)36(29(23)38)11-4-9-27(32)37/h1-3,5-8,33H,4,9-22H2,(H2,32,37). The largest absolute Gasteiger partial charge is 0.382 e. The lowest BCUT2D eigenvalue weighted by molar-refractivity contribution is -0.118. The van der Waals surface area contributed by atoms with Crippen molar-refractivity contribution in [2.24, 2.45) is 5.73 Å². The van der Waals surface area contributed by atoms with Crippen molar-refractivity contribution in [3.05, 3.63) is 59.4 Å². The lowest BCUT2D eigenvalue weighted by Gasteiger charge is -2.36. The molecule has 2 aliphatic heterocycles. The van der Waals surface area contributed by atoms with Crippen molar-refractivity contribution in [2.45, 2.75) is 12.8 Å². The summed E-state index contributed by atoms with van der Waals surface area (Å²) in [5.74, 6) is -1.37. The third-order valence-corrected chi connectivity index (χ3v) is 7.23. The monoisotopic (exact) mass is 585 g/mol. The first-order valence-corrected chi connectivity index (χ1v) is 14.4. The number of halogens is 1. The molecular formula is C30H40FN5O6. The molecule has 1 fully saturated rings. The number of rotatable bonds is 18. The minimum atomic E-state index is -0.464. The zero-order chi connectivity index (χ0) is 29.7. The van der Waals surface area contributed by atoms with E-state index in [0.29, 0.717) is 75.1 Å². The summed E-state index contributed by atoms with van der Waals surface area (Å²) >= 11 is 0. The number of carbonyl (C=O) groups is 3. The first kappa shape index (κ1) is 31.4. The molecule has 42 heavy (non-hydrogen) atoms. The average molecular weight is 586 g/mol. The summed E-state index contributed by atoms with van der Waals surface area (Å²) < 4.78 is 30.8. The summed E-state index contributed by atoms with van der Waals surface area (Å²) in [6.07, 6.45) is 0.452. The Kier molecular flexibility index (Phi) is 12.1. The number of benzene rings is 2. The number of para-hydroxylation sites is 1. The van der Waals surface area contributed by atoms with E-state index in [-0.39, 0.29) is 30.6 Å². The Balaban J connectivity index is 1.00. The van der Waals surface area contributed by atoms with Crippen LogP contribution in [0.25, 0.3) is 0 Å². The van der Waals surface area contributed by atoms with Crippen LogP contribution >= 0.6 is 0 Å². The van der Waals surface area contributed by atoms with E-state index in [1.165, 1.54) is 6.07 Å². The van der Waals surface area contributed by atoms with E-state index in [1.807, 2.05) is 12.1 Å². The van der Waals surface area contributed by atoms with Crippen molar-refractivity contribution < 1.29 is 33.0 Å². The quantitative estimate of drug-likeness (QED) is 0.199. The van der Waals surface area contributed by atoms with Gasteiger partial charge in [-0.15, -0.1) is 0 Å². The normalized spacial score (nSPS) is 15.4. The third kappa shape index (κ3) is 8.71. The molecule has 0 atom stereocenters. The molecule has 0 saturated carbocycles. The molecule has 0 bridgehead atoms. The Labute approximate surface area is 245 Å². The number of nitrogens with zero attached hydrogens (tertiary/aromatic N) is 3. The van der Waals surface area contributed by atoms with Crippen LogP contribution < -0.4 is 16.0 Å². The zero-order valence-corrected chi connectivity index (χ0v) is 23.9. The second-order valence-corrected chi connectivity index (χ2v) is 10.1. The number of hydrogen-bond donors (Lipinski definition) is 2. The molecule has 0 aromatic heterocycles. The minimum absolute atomic E-state index is 0.116. The molecule has 11 nitrogen and oxygen atoms in total. The van der Waals surface area contributed by atoms with Gasteiger partial charge >= 0.3 is 0 Å². The fraction of sp³-hybridized carbons (Fsp3) is 0.500. The summed E-state index contributed by atoms with van der Waals surface area (Å²) in [4.78, 5) is 42.0. The molecule has 3 amide bonds. The second-order valence-electron chi connectivity index (χ2n) is 10.1. The van der Waals surface area contributed by atoms with Crippen LogP contribution in [0.4, 0.5) is 15.8 Å². The van der Waals surface area contributed by atoms with Crippen LogP contribution in [0.3, 0.4) is 0 Å². The van der Waals surface area contributed by atoms with Crippen molar-refractivity contribution >= 4 is 29.1 Å². The third-order valence-electron chi connectivity index (χ3n) is 7.23. The SMILES string of the molecule is NC(=O)CCCN1C(=O)c2cccc(NCCOCCOCCOCCN3CCN(c4ccccc4F)CC3)c2C1=O. The highest BCUT2D eigenvalue weighted by Gasteiger charge is 2.37. The van der Waals surface area contributed by atoms with Gasteiger partial charge in [-0.25, -0.2) is 4.39 Å². The van der Waals surface area contributed by atoms with E-state index in [0.717, 1.165) is 37.6 Å². The zero-order valence-electron chi connectivity index (χ0n) is 23.9. The van der Waals surface area contributed by atoms with Gasteiger partial charge in [-0.05, 0) is 30.7 Å². The van der Waals surface area contributed by atoms with Crippen molar-refractivity contribution in [3.63, 3.8) is 0 Å². The molecule has 0 unspecified atom stereocenters. The van der Waals surface area contributed by atoms with Crippen LogP contribution in [-0.2, 0) is 19.0 Å². The molecule has 0 spiro atoms. The maximum absolute atomic E-state index is 14.0. The number of amides is 3. The Hall–Kier alpha value is -3.58. The van der Waals surface area contributed by atoms with E-state index in [4.69, 9.17) is 19.9 Å². The number of anilines is 2. The number of carbonyl (C=O) groups excluding carboxylic acids is 3. The van der Waals surface area contributed by atoms with Gasteiger partial charge in [0, 0.05) is 57.9 Å². The number of primary amides is 1. The van der Waals surface area contributed by atoms with Gasteiger partial charge in [-0.3, -0.25) is 24.2 Å². The Bertz CT molecular complexity index is 1210. The fourth-order valence-electron chi connectivity index (χ4n) is 5.01. The lowest BCUT2D eigenvalue weighted by Crippen LogP contribution is -2.47. The summed E-state index contributed by atoms with van der Waals surface area (Å²) in [6, 6.07) is 12.0. The number of imide groups is 1. The van der Waals surface area contributed by atoms with Crippen LogP contribution in [0, 0.1) is 5.82 Å². The van der Waals surface area contributed by atoms with E-state index < -0.39 is 5.91 Å². The molecule has 2 aliphatic rings. The van der Waals surface area contributed by atoms with Gasteiger partial charge in [0.15, 0.2) is 0 Å². The molecule has 2 aromatic carbocycles. The topological polar surface area (TPSA) is 127 Å². The van der Waals surface area contributed by atoms with Gasteiger partial charge in [0.2, 0.25) is 5.91 Å².